The van der Waals surface area contributed by atoms with Gasteiger partial charge >= 0.3 is 12.3 Å². The number of carbonyl (C=O) groups excluding carboxylic acids is 2. The second-order valence-corrected chi connectivity index (χ2v) is 4.59. The van der Waals surface area contributed by atoms with Crippen LogP contribution in [0.5, 0.6) is 0 Å². The number of nitrogen functional groups attached to an aromatic ring is 1. The summed E-state index contributed by atoms with van der Waals surface area (Å²) in [7, 11) is 2.34. The van der Waals surface area contributed by atoms with Gasteiger partial charge in [0.15, 0.2) is 11.5 Å². The molecule has 0 atom stereocenters. The lowest BCUT2D eigenvalue weighted by Crippen LogP contribution is -2.29. The summed E-state index contributed by atoms with van der Waals surface area (Å²) >= 11 is 0. The van der Waals surface area contributed by atoms with Crippen molar-refractivity contribution >= 4 is 29.3 Å². The van der Waals surface area contributed by atoms with E-state index in [1.807, 2.05) is 0 Å². The van der Waals surface area contributed by atoms with Crippen LogP contribution in [0.25, 0.3) is 11.2 Å². The van der Waals surface area contributed by atoms with E-state index in [4.69, 9.17) is 19.9 Å². The Hall–Kier alpha value is -3.15. The fraction of sp³-hybridized carbons (Fsp3) is 0.462. The Morgan fingerprint density at radius 1 is 1.12 bits per heavy atom. The zero-order valence-corrected chi connectivity index (χ0v) is 13.6. The number of fused-ring (bicyclic) bond motifs is 1. The molecule has 2 rings (SSSR count). The number of carbonyl (C=O) groups is 2. The normalized spacial score (nSPS) is 10.7. The van der Waals surface area contributed by atoms with Crippen LogP contribution >= 0.6 is 0 Å². The maximum atomic E-state index is 11.1. The molecule has 2 heterocycles. The average Bonchev–Trinajstić information content (AvgIpc) is 3.04. The Balaban J connectivity index is 2.00. The molecule has 0 aromatic carbocycles. The van der Waals surface area contributed by atoms with Gasteiger partial charge in [0.25, 0.3) is 0 Å². The van der Waals surface area contributed by atoms with Crippen LogP contribution < -0.4 is 5.73 Å². The lowest BCUT2D eigenvalue weighted by molar-refractivity contribution is -0.0681. The molecule has 25 heavy (non-hydrogen) atoms. The first kappa shape index (κ1) is 18.2. The second kappa shape index (κ2) is 8.63. The van der Waals surface area contributed by atoms with E-state index in [0.717, 1.165) is 0 Å². The first-order valence-corrected chi connectivity index (χ1v) is 6.99. The highest BCUT2D eigenvalue weighted by Crippen LogP contribution is 2.14. The van der Waals surface area contributed by atoms with E-state index in [9.17, 15) is 9.59 Å². The summed E-state index contributed by atoms with van der Waals surface area (Å²) in [6, 6.07) is 0. The van der Waals surface area contributed by atoms with Gasteiger partial charge in [-0.15, -0.1) is 0 Å². The van der Waals surface area contributed by atoms with E-state index in [2.05, 4.69) is 24.4 Å². The molecule has 136 valence electrons. The lowest BCUT2D eigenvalue weighted by Gasteiger charge is -2.17. The number of ether oxygens (including phenoxy) is 5. The maximum Gasteiger partial charge on any atom is 0.508 e. The highest BCUT2D eigenvalue weighted by Gasteiger charge is 2.17. The Morgan fingerprint density at radius 2 is 1.76 bits per heavy atom. The summed E-state index contributed by atoms with van der Waals surface area (Å²) in [5, 5.41) is 0. The number of nitrogens with two attached hydrogens (primary N) is 1. The zero-order valence-electron chi connectivity index (χ0n) is 13.6. The minimum absolute atomic E-state index is 0.00726. The minimum atomic E-state index is -0.889. The topological polar surface area (TPSA) is 150 Å². The van der Waals surface area contributed by atoms with Gasteiger partial charge in [-0.05, 0) is 0 Å². The molecule has 2 aromatic heterocycles. The maximum absolute atomic E-state index is 11.1. The highest BCUT2D eigenvalue weighted by atomic mass is 16.7. The predicted octanol–water partition coefficient (Wildman–Crippen LogP) is 0.317. The number of rotatable bonds is 7. The first-order valence-electron chi connectivity index (χ1n) is 6.99. The Morgan fingerprint density at radius 3 is 2.36 bits per heavy atom. The fourth-order valence-corrected chi connectivity index (χ4v) is 1.76. The molecule has 0 saturated heterocycles. The monoisotopic (exact) mass is 355 g/mol. The summed E-state index contributed by atoms with van der Waals surface area (Å²) < 4.78 is 25.5. The van der Waals surface area contributed by atoms with E-state index >= 15 is 0 Å². The van der Waals surface area contributed by atoms with Gasteiger partial charge < -0.3 is 29.4 Å². The van der Waals surface area contributed by atoms with Crippen LogP contribution in [0.1, 0.15) is 0 Å². The van der Waals surface area contributed by atoms with E-state index in [0.29, 0.717) is 11.2 Å². The number of anilines is 1. The van der Waals surface area contributed by atoms with Crippen molar-refractivity contribution in [2.45, 2.75) is 12.8 Å². The summed E-state index contributed by atoms with van der Waals surface area (Å²) in [5.74, 6) is 0.239. The molecule has 2 aromatic rings. The summed E-state index contributed by atoms with van der Waals surface area (Å²) in [5.41, 5.74) is 6.60. The van der Waals surface area contributed by atoms with E-state index in [1.54, 1.807) is 4.57 Å². The average molecular weight is 355 g/mol. The number of hydrogen-bond donors (Lipinski definition) is 1. The molecule has 0 fully saturated rings. The van der Waals surface area contributed by atoms with Gasteiger partial charge in [0.05, 0.1) is 20.5 Å². The number of nitrogens with zero attached hydrogens (tertiary/aromatic N) is 4. The molecule has 0 radical (unpaired) electrons. The third-order valence-electron chi connectivity index (χ3n) is 2.99. The van der Waals surface area contributed by atoms with Crippen LogP contribution in [-0.4, -0.2) is 65.4 Å². The minimum Gasteiger partial charge on any atom is -0.438 e. The van der Waals surface area contributed by atoms with Crippen molar-refractivity contribution in [2.24, 2.45) is 0 Å². The van der Waals surface area contributed by atoms with Crippen molar-refractivity contribution < 1.29 is 33.3 Å². The van der Waals surface area contributed by atoms with Crippen molar-refractivity contribution in [3.8, 4) is 0 Å². The van der Waals surface area contributed by atoms with Crippen LogP contribution in [-0.2, 0) is 30.4 Å². The molecule has 0 spiro atoms. The van der Waals surface area contributed by atoms with Gasteiger partial charge in [0.1, 0.15) is 37.9 Å². The fourth-order valence-electron chi connectivity index (χ4n) is 1.76. The van der Waals surface area contributed by atoms with Crippen LogP contribution in [0.2, 0.25) is 0 Å². The molecule has 0 aliphatic heterocycles. The smallest absolute Gasteiger partial charge is 0.438 e. The van der Waals surface area contributed by atoms with Crippen LogP contribution in [0.3, 0.4) is 0 Å². The summed E-state index contributed by atoms with van der Waals surface area (Å²) in [6.07, 6.45) is 0.221. The third kappa shape index (κ3) is 4.91. The van der Waals surface area contributed by atoms with Crippen molar-refractivity contribution in [3.05, 3.63) is 12.7 Å². The van der Waals surface area contributed by atoms with Gasteiger partial charge in [0, 0.05) is 0 Å². The number of methoxy groups -OCH3 is 2. The quantitative estimate of drug-likeness (QED) is 0.684. The molecule has 12 heteroatoms. The van der Waals surface area contributed by atoms with Crippen LogP contribution in [0.4, 0.5) is 15.4 Å². The third-order valence-corrected chi connectivity index (χ3v) is 2.99. The van der Waals surface area contributed by atoms with E-state index in [1.165, 1.54) is 26.9 Å². The standard InChI is InChI=1S/C13H17N5O7/c1-21-12(19)23-3-8(4-24-13(20)22-2)25-7-18-6-17-9-10(14)15-5-16-11(9)18/h5-6,8H,3-4,7H2,1-2H3,(H2,14,15,16). The van der Waals surface area contributed by atoms with Gasteiger partial charge in [0.2, 0.25) is 0 Å². The summed E-state index contributed by atoms with van der Waals surface area (Å²) in [6.45, 7) is -0.409. The molecule has 0 saturated carbocycles. The molecule has 0 bridgehead atoms. The lowest BCUT2D eigenvalue weighted by atomic mass is 10.4. The Bertz CT molecular complexity index is 715. The van der Waals surface area contributed by atoms with Crippen LogP contribution in [0.15, 0.2) is 12.7 Å². The van der Waals surface area contributed by atoms with Gasteiger partial charge in [-0.2, -0.15) is 0 Å². The predicted molar refractivity (Wildman–Crippen MR) is 81.3 cm³/mol. The molecule has 0 amide bonds. The van der Waals surface area contributed by atoms with Gasteiger partial charge in [-0.3, -0.25) is 4.57 Å². The number of imidazole rings is 1. The zero-order chi connectivity index (χ0) is 18.2. The van der Waals surface area contributed by atoms with Crippen molar-refractivity contribution in [3.63, 3.8) is 0 Å². The van der Waals surface area contributed by atoms with Crippen LogP contribution in [0, 0.1) is 0 Å². The molecule has 2 N–H and O–H groups in total. The largest absolute Gasteiger partial charge is 0.508 e. The van der Waals surface area contributed by atoms with Crippen molar-refractivity contribution in [2.75, 3.05) is 33.2 Å². The molecular formula is C13H17N5O7. The van der Waals surface area contributed by atoms with Crippen molar-refractivity contribution in [1.82, 2.24) is 19.5 Å². The molecule has 12 nitrogen and oxygen atoms in total. The number of hydrogen-bond acceptors (Lipinski definition) is 11. The second-order valence-electron chi connectivity index (χ2n) is 4.59. The van der Waals surface area contributed by atoms with E-state index < -0.39 is 18.4 Å². The summed E-state index contributed by atoms with van der Waals surface area (Å²) in [4.78, 5) is 34.2. The van der Waals surface area contributed by atoms with Crippen molar-refractivity contribution in [1.29, 1.82) is 0 Å². The molecule has 0 unspecified atom stereocenters. The molecular weight excluding hydrogens is 338 g/mol. The SMILES string of the molecule is COC(=O)OCC(COC(=O)OC)OCn1cnc2c(N)ncnc21. The highest BCUT2D eigenvalue weighted by molar-refractivity contribution is 5.80. The first-order chi connectivity index (χ1) is 12.0. The molecule has 0 aliphatic carbocycles. The Kier molecular flexibility index (Phi) is 6.28. The van der Waals surface area contributed by atoms with Gasteiger partial charge in [-0.25, -0.2) is 24.5 Å². The van der Waals surface area contributed by atoms with Gasteiger partial charge in [-0.1, -0.05) is 0 Å². The van der Waals surface area contributed by atoms with E-state index in [-0.39, 0.29) is 25.8 Å². The molecule has 0 aliphatic rings. The Labute approximate surface area is 141 Å². The number of aromatic nitrogens is 4.